The zero-order valence-corrected chi connectivity index (χ0v) is 7.69. The number of allylic oxidation sites excluding steroid dienone is 2. The molecule has 0 atom stereocenters. The molecule has 1 heteroatoms. The molecule has 0 amide bonds. The second kappa shape index (κ2) is 7.55. The van der Waals surface area contributed by atoms with Gasteiger partial charge in [0.2, 0.25) is 0 Å². The van der Waals surface area contributed by atoms with Gasteiger partial charge in [0.15, 0.2) is 0 Å². The van der Waals surface area contributed by atoms with Gasteiger partial charge in [-0.2, -0.15) is 0 Å². The van der Waals surface area contributed by atoms with Crippen molar-refractivity contribution in [2.45, 2.75) is 26.7 Å². The third-order valence-corrected chi connectivity index (χ3v) is 1.52. The molecular weight excluding hydrogens is 134 g/mol. The predicted octanol–water partition coefficient (Wildman–Crippen LogP) is 2.51. The molecule has 0 aliphatic heterocycles. The summed E-state index contributed by atoms with van der Waals surface area (Å²) in [5.41, 5.74) is 1.42. The van der Waals surface area contributed by atoms with Crippen LogP contribution in [0.5, 0.6) is 0 Å². The molecule has 0 radical (unpaired) electrons. The molecule has 0 saturated heterocycles. The Morgan fingerprint density at radius 1 is 1.45 bits per heavy atom. The number of likely N-dealkylation sites (N-methyl/N-ethyl adjacent to an activating group) is 1. The van der Waals surface area contributed by atoms with E-state index in [1.165, 1.54) is 5.57 Å². The lowest BCUT2D eigenvalue weighted by molar-refractivity contribution is 0.772. The average molecular weight is 153 g/mol. The molecule has 11 heavy (non-hydrogen) atoms. The van der Waals surface area contributed by atoms with Crippen molar-refractivity contribution in [1.82, 2.24) is 5.32 Å². The van der Waals surface area contributed by atoms with Crippen LogP contribution in [0.4, 0.5) is 0 Å². The zero-order chi connectivity index (χ0) is 8.53. The smallest absolute Gasteiger partial charge is 0.0161 e. The lowest BCUT2D eigenvalue weighted by Gasteiger charge is -2.00. The lowest BCUT2D eigenvalue weighted by Crippen LogP contribution is -2.14. The van der Waals surface area contributed by atoms with E-state index in [1.807, 2.05) is 6.08 Å². The first-order valence-electron chi connectivity index (χ1n) is 4.28. The quantitative estimate of drug-likeness (QED) is 0.456. The van der Waals surface area contributed by atoms with Gasteiger partial charge in [0.25, 0.3) is 0 Å². The molecule has 0 aromatic carbocycles. The summed E-state index contributed by atoms with van der Waals surface area (Å²) in [5.74, 6) is 0. The van der Waals surface area contributed by atoms with E-state index < -0.39 is 0 Å². The fourth-order valence-corrected chi connectivity index (χ4v) is 0.842. The van der Waals surface area contributed by atoms with Gasteiger partial charge in [0.1, 0.15) is 0 Å². The van der Waals surface area contributed by atoms with Crippen molar-refractivity contribution < 1.29 is 0 Å². The highest BCUT2D eigenvalue weighted by atomic mass is 14.8. The van der Waals surface area contributed by atoms with Crippen LogP contribution >= 0.6 is 0 Å². The maximum atomic E-state index is 3.67. The van der Waals surface area contributed by atoms with Crippen molar-refractivity contribution in [1.29, 1.82) is 0 Å². The van der Waals surface area contributed by atoms with E-state index in [4.69, 9.17) is 0 Å². The topological polar surface area (TPSA) is 12.0 Å². The minimum atomic E-state index is 1.02. The second-order valence-corrected chi connectivity index (χ2v) is 2.70. The molecule has 64 valence electrons. The van der Waals surface area contributed by atoms with E-state index in [0.29, 0.717) is 0 Å². The molecule has 0 heterocycles. The molecule has 0 saturated carbocycles. The highest BCUT2D eigenvalue weighted by Gasteiger charge is 1.85. The highest BCUT2D eigenvalue weighted by molar-refractivity contribution is 5.00. The third kappa shape index (κ3) is 7.34. The summed E-state index contributed by atoms with van der Waals surface area (Å²) < 4.78 is 0. The summed E-state index contributed by atoms with van der Waals surface area (Å²) in [6.07, 6.45) is 6.44. The van der Waals surface area contributed by atoms with Gasteiger partial charge in [-0.25, -0.2) is 0 Å². The Morgan fingerprint density at radius 2 is 2.18 bits per heavy atom. The van der Waals surface area contributed by atoms with Gasteiger partial charge in [-0.1, -0.05) is 24.6 Å². The van der Waals surface area contributed by atoms with E-state index in [-0.39, 0.29) is 0 Å². The SMILES string of the molecule is C=CCC/C=C(\C)CNCC. The fraction of sp³-hybridized carbons (Fsp3) is 0.600. The van der Waals surface area contributed by atoms with Crippen LogP contribution in [-0.4, -0.2) is 13.1 Å². The van der Waals surface area contributed by atoms with E-state index in [0.717, 1.165) is 25.9 Å². The maximum Gasteiger partial charge on any atom is 0.0161 e. The molecule has 1 nitrogen and oxygen atoms in total. The average Bonchev–Trinajstić information content (AvgIpc) is 2.01. The van der Waals surface area contributed by atoms with Gasteiger partial charge in [0, 0.05) is 6.54 Å². The number of hydrogen-bond acceptors (Lipinski definition) is 1. The maximum absolute atomic E-state index is 3.67. The van der Waals surface area contributed by atoms with Gasteiger partial charge >= 0.3 is 0 Å². The number of rotatable bonds is 6. The van der Waals surface area contributed by atoms with Crippen LogP contribution in [0, 0.1) is 0 Å². The van der Waals surface area contributed by atoms with Gasteiger partial charge in [-0.05, 0) is 26.3 Å². The molecule has 0 aromatic heterocycles. The van der Waals surface area contributed by atoms with Crippen molar-refractivity contribution in [2.75, 3.05) is 13.1 Å². The molecule has 0 aromatic rings. The standard InChI is InChI=1S/C10H19N/c1-4-6-7-8-10(3)9-11-5-2/h4,8,11H,1,5-7,9H2,2-3H3/b10-8+. The molecule has 0 unspecified atom stereocenters. The first kappa shape index (κ1) is 10.4. The molecule has 1 N–H and O–H groups in total. The summed E-state index contributed by atoms with van der Waals surface area (Å²) in [6, 6.07) is 0. The zero-order valence-electron chi connectivity index (χ0n) is 7.69. The van der Waals surface area contributed by atoms with Crippen LogP contribution in [0.1, 0.15) is 26.7 Å². The van der Waals surface area contributed by atoms with Gasteiger partial charge in [0.05, 0.1) is 0 Å². The monoisotopic (exact) mass is 153 g/mol. The van der Waals surface area contributed by atoms with E-state index in [1.54, 1.807) is 0 Å². The van der Waals surface area contributed by atoms with Gasteiger partial charge in [-0.15, -0.1) is 6.58 Å². The van der Waals surface area contributed by atoms with Crippen LogP contribution in [0.25, 0.3) is 0 Å². The third-order valence-electron chi connectivity index (χ3n) is 1.52. The predicted molar refractivity (Wildman–Crippen MR) is 51.7 cm³/mol. The van der Waals surface area contributed by atoms with Crippen LogP contribution in [0.15, 0.2) is 24.3 Å². The summed E-state index contributed by atoms with van der Waals surface area (Å²) in [6.45, 7) is 10.0. The Balaban J connectivity index is 3.37. The summed E-state index contributed by atoms with van der Waals surface area (Å²) >= 11 is 0. The Morgan fingerprint density at radius 3 is 2.73 bits per heavy atom. The lowest BCUT2D eigenvalue weighted by atomic mass is 10.2. The minimum Gasteiger partial charge on any atom is -0.313 e. The van der Waals surface area contributed by atoms with E-state index in [2.05, 4.69) is 31.8 Å². The Bertz CT molecular complexity index is 125. The normalized spacial score (nSPS) is 11.6. The summed E-state index contributed by atoms with van der Waals surface area (Å²) in [5, 5.41) is 3.28. The van der Waals surface area contributed by atoms with Crippen LogP contribution < -0.4 is 5.32 Å². The van der Waals surface area contributed by atoms with Crippen molar-refractivity contribution in [3.63, 3.8) is 0 Å². The molecule has 0 rings (SSSR count). The van der Waals surface area contributed by atoms with Crippen molar-refractivity contribution in [3.8, 4) is 0 Å². The first-order valence-corrected chi connectivity index (χ1v) is 4.28. The number of hydrogen-bond donors (Lipinski definition) is 1. The first-order chi connectivity index (χ1) is 5.31. The molecule has 0 aliphatic rings. The molecule has 0 bridgehead atoms. The second-order valence-electron chi connectivity index (χ2n) is 2.70. The molecule has 0 spiro atoms. The van der Waals surface area contributed by atoms with Crippen LogP contribution in [-0.2, 0) is 0 Å². The minimum absolute atomic E-state index is 1.02. The molecule has 0 aliphatic carbocycles. The Labute approximate surface area is 70.2 Å². The summed E-state index contributed by atoms with van der Waals surface area (Å²) in [7, 11) is 0. The number of unbranched alkanes of at least 4 members (excludes halogenated alkanes) is 1. The van der Waals surface area contributed by atoms with Crippen LogP contribution in [0.3, 0.4) is 0 Å². The number of nitrogens with one attached hydrogen (secondary N) is 1. The molecular formula is C10H19N. The van der Waals surface area contributed by atoms with E-state index in [9.17, 15) is 0 Å². The van der Waals surface area contributed by atoms with Crippen molar-refractivity contribution >= 4 is 0 Å². The fourth-order valence-electron chi connectivity index (χ4n) is 0.842. The highest BCUT2D eigenvalue weighted by Crippen LogP contribution is 1.97. The van der Waals surface area contributed by atoms with Crippen molar-refractivity contribution in [3.05, 3.63) is 24.3 Å². The van der Waals surface area contributed by atoms with Gasteiger partial charge in [-0.3, -0.25) is 0 Å². The van der Waals surface area contributed by atoms with E-state index >= 15 is 0 Å². The largest absolute Gasteiger partial charge is 0.313 e. The van der Waals surface area contributed by atoms with Crippen LogP contribution in [0.2, 0.25) is 0 Å². The Kier molecular flexibility index (Phi) is 7.16. The van der Waals surface area contributed by atoms with Crippen molar-refractivity contribution in [2.24, 2.45) is 0 Å². The molecule has 0 fully saturated rings. The summed E-state index contributed by atoms with van der Waals surface area (Å²) in [4.78, 5) is 0. The van der Waals surface area contributed by atoms with Gasteiger partial charge < -0.3 is 5.32 Å². The Hall–Kier alpha value is -0.560.